The minimum absolute atomic E-state index is 0.125. The van der Waals surface area contributed by atoms with Crippen molar-refractivity contribution in [1.29, 1.82) is 0 Å². The topological polar surface area (TPSA) is 64.1 Å². The third kappa shape index (κ3) is 7.67. The van der Waals surface area contributed by atoms with Gasteiger partial charge in [-0.25, -0.2) is 4.99 Å². The van der Waals surface area contributed by atoms with Crippen LogP contribution in [0.25, 0.3) is 0 Å². The van der Waals surface area contributed by atoms with Crippen molar-refractivity contribution in [3.8, 4) is 11.5 Å². The van der Waals surface area contributed by atoms with Gasteiger partial charge in [0.25, 0.3) is 0 Å². The highest BCUT2D eigenvalue weighted by molar-refractivity contribution is 5.79. The van der Waals surface area contributed by atoms with Gasteiger partial charge in [-0.1, -0.05) is 24.3 Å². The zero-order chi connectivity index (χ0) is 22.8. The number of ether oxygens (including phenoxy) is 3. The van der Waals surface area contributed by atoms with E-state index in [1.54, 1.807) is 12.1 Å². The molecular weight excluding hydrogens is 416 g/mol. The first-order valence-electron chi connectivity index (χ1n) is 10.9. The van der Waals surface area contributed by atoms with E-state index in [4.69, 9.17) is 9.47 Å². The molecule has 0 saturated carbocycles. The van der Waals surface area contributed by atoms with Crippen molar-refractivity contribution in [2.75, 3.05) is 26.4 Å². The van der Waals surface area contributed by atoms with Crippen LogP contribution >= 0.6 is 0 Å². The summed E-state index contributed by atoms with van der Waals surface area (Å²) >= 11 is 0. The molecule has 6 nitrogen and oxygen atoms in total. The zero-order valence-electron chi connectivity index (χ0n) is 18.6. The first kappa shape index (κ1) is 23.8. The van der Waals surface area contributed by atoms with Gasteiger partial charge in [0.1, 0.15) is 11.5 Å². The summed E-state index contributed by atoms with van der Waals surface area (Å²) in [7, 11) is 0. The molecular formula is C24H31F2N3O3. The first-order valence-corrected chi connectivity index (χ1v) is 10.9. The predicted molar refractivity (Wildman–Crippen MR) is 120 cm³/mol. The standard InChI is InChI=1S/C24H31F2N3O3/c1-3-27-24(28-13-18-5-4-6-21(12-18)32-23(25)26)29-14-20-8-7-17(2)11-22(20)31-16-19-9-10-30-15-19/h4-8,11-12,19,23H,3,9-10,13-16H2,1-2H3,(H2,27,28,29). The molecule has 1 aliphatic heterocycles. The Hall–Kier alpha value is -2.87. The van der Waals surface area contributed by atoms with Crippen molar-refractivity contribution in [1.82, 2.24) is 10.6 Å². The van der Waals surface area contributed by atoms with Gasteiger partial charge in [-0.05, 0) is 49.6 Å². The Morgan fingerprint density at radius 2 is 2.09 bits per heavy atom. The number of nitrogens with zero attached hydrogens (tertiary/aromatic N) is 1. The number of hydrogen-bond donors (Lipinski definition) is 2. The summed E-state index contributed by atoms with van der Waals surface area (Å²) in [5.74, 6) is 2.04. The highest BCUT2D eigenvalue weighted by atomic mass is 19.3. The summed E-state index contributed by atoms with van der Waals surface area (Å²) < 4.78 is 40.9. The van der Waals surface area contributed by atoms with Crippen LogP contribution in [0.4, 0.5) is 8.78 Å². The molecule has 1 unspecified atom stereocenters. The summed E-state index contributed by atoms with van der Waals surface area (Å²) in [5, 5.41) is 6.53. The second kappa shape index (κ2) is 12.2. The molecule has 2 aromatic rings. The Bertz CT molecular complexity index is 887. The highest BCUT2D eigenvalue weighted by Crippen LogP contribution is 2.23. The van der Waals surface area contributed by atoms with Crippen LogP contribution in [0.3, 0.4) is 0 Å². The lowest BCUT2D eigenvalue weighted by molar-refractivity contribution is -0.0498. The molecule has 2 aromatic carbocycles. The third-order valence-corrected chi connectivity index (χ3v) is 5.06. The second-order valence-corrected chi connectivity index (χ2v) is 7.73. The molecule has 0 amide bonds. The molecule has 1 fully saturated rings. The van der Waals surface area contributed by atoms with E-state index >= 15 is 0 Å². The number of alkyl halides is 2. The van der Waals surface area contributed by atoms with Crippen molar-refractivity contribution in [3.63, 3.8) is 0 Å². The Morgan fingerprint density at radius 1 is 1.22 bits per heavy atom. The molecule has 1 aliphatic rings. The average Bonchev–Trinajstić information content (AvgIpc) is 3.28. The minimum Gasteiger partial charge on any atom is -0.493 e. The Morgan fingerprint density at radius 3 is 2.84 bits per heavy atom. The van der Waals surface area contributed by atoms with E-state index in [0.29, 0.717) is 38.1 Å². The smallest absolute Gasteiger partial charge is 0.387 e. The predicted octanol–water partition coefficient (Wildman–Crippen LogP) is 4.27. The number of halogens is 2. The number of guanidine groups is 1. The Kier molecular flexibility index (Phi) is 9.10. The number of nitrogens with one attached hydrogen (secondary N) is 2. The van der Waals surface area contributed by atoms with Crippen molar-refractivity contribution in [2.24, 2.45) is 10.9 Å². The lowest BCUT2D eigenvalue weighted by Crippen LogP contribution is -2.36. The summed E-state index contributed by atoms with van der Waals surface area (Å²) in [6.45, 7) is 4.93. The quantitative estimate of drug-likeness (QED) is 0.421. The van der Waals surface area contributed by atoms with E-state index in [2.05, 4.69) is 32.5 Å². The van der Waals surface area contributed by atoms with Crippen LogP contribution < -0.4 is 20.1 Å². The summed E-state index contributed by atoms with van der Waals surface area (Å²) in [6.07, 6.45) is 1.03. The van der Waals surface area contributed by atoms with Crippen LogP contribution in [-0.2, 0) is 17.8 Å². The van der Waals surface area contributed by atoms with Crippen molar-refractivity contribution in [3.05, 3.63) is 59.2 Å². The van der Waals surface area contributed by atoms with Crippen LogP contribution in [0, 0.1) is 12.8 Å². The van der Waals surface area contributed by atoms with Gasteiger partial charge < -0.3 is 24.8 Å². The molecule has 1 saturated heterocycles. The van der Waals surface area contributed by atoms with Crippen molar-refractivity contribution < 1.29 is 23.0 Å². The van der Waals surface area contributed by atoms with E-state index < -0.39 is 6.61 Å². The SMILES string of the molecule is CCNC(=NCc1cccc(OC(F)F)c1)NCc1ccc(C)cc1OCC1CCOC1. The molecule has 2 N–H and O–H groups in total. The molecule has 0 spiro atoms. The molecule has 0 radical (unpaired) electrons. The fourth-order valence-electron chi connectivity index (χ4n) is 3.38. The Labute approximate surface area is 188 Å². The summed E-state index contributed by atoms with van der Waals surface area (Å²) in [6, 6.07) is 12.7. The van der Waals surface area contributed by atoms with E-state index in [1.807, 2.05) is 26.0 Å². The Balaban J connectivity index is 1.62. The number of aliphatic imine (C=N–C) groups is 1. The van der Waals surface area contributed by atoms with E-state index in [9.17, 15) is 8.78 Å². The zero-order valence-corrected chi connectivity index (χ0v) is 18.6. The minimum atomic E-state index is -2.85. The van der Waals surface area contributed by atoms with Gasteiger partial charge in [-0.3, -0.25) is 0 Å². The molecule has 174 valence electrons. The van der Waals surface area contributed by atoms with Crippen LogP contribution in [0.2, 0.25) is 0 Å². The largest absolute Gasteiger partial charge is 0.493 e. The van der Waals surface area contributed by atoms with Gasteiger partial charge in [0.15, 0.2) is 5.96 Å². The lowest BCUT2D eigenvalue weighted by Gasteiger charge is -2.17. The van der Waals surface area contributed by atoms with Gasteiger partial charge in [-0.15, -0.1) is 0 Å². The van der Waals surface area contributed by atoms with E-state index in [-0.39, 0.29) is 5.75 Å². The highest BCUT2D eigenvalue weighted by Gasteiger charge is 2.17. The average molecular weight is 448 g/mol. The van der Waals surface area contributed by atoms with Gasteiger partial charge in [0, 0.05) is 31.2 Å². The number of benzene rings is 2. The van der Waals surface area contributed by atoms with Gasteiger partial charge >= 0.3 is 6.61 Å². The lowest BCUT2D eigenvalue weighted by atomic mass is 10.1. The fraction of sp³-hybridized carbons (Fsp3) is 0.458. The number of rotatable bonds is 10. The van der Waals surface area contributed by atoms with Gasteiger partial charge in [0.2, 0.25) is 0 Å². The van der Waals surface area contributed by atoms with Gasteiger partial charge in [0.05, 0.1) is 19.8 Å². The van der Waals surface area contributed by atoms with Crippen LogP contribution in [0.15, 0.2) is 47.5 Å². The molecule has 1 atom stereocenters. The maximum absolute atomic E-state index is 12.4. The molecule has 0 aromatic heterocycles. The van der Waals surface area contributed by atoms with Crippen molar-refractivity contribution >= 4 is 5.96 Å². The van der Waals surface area contributed by atoms with Crippen LogP contribution in [0.5, 0.6) is 11.5 Å². The molecule has 0 bridgehead atoms. The summed E-state index contributed by atoms with van der Waals surface area (Å²) in [5.41, 5.74) is 2.95. The number of aryl methyl sites for hydroxylation is 1. The maximum atomic E-state index is 12.4. The normalized spacial score (nSPS) is 16.3. The molecule has 32 heavy (non-hydrogen) atoms. The third-order valence-electron chi connectivity index (χ3n) is 5.06. The van der Waals surface area contributed by atoms with Crippen LogP contribution in [-0.4, -0.2) is 38.9 Å². The monoisotopic (exact) mass is 447 g/mol. The summed E-state index contributed by atoms with van der Waals surface area (Å²) in [4.78, 5) is 4.57. The number of hydrogen-bond acceptors (Lipinski definition) is 4. The maximum Gasteiger partial charge on any atom is 0.387 e. The molecule has 3 rings (SSSR count). The molecule has 1 heterocycles. The van der Waals surface area contributed by atoms with E-state index in [0.717, 1.165) is 42.1 Å². The molecule has 8 heteroatoms. The fourth-order valence-corrected chi connectivity index (χ4v) is 3.38. The second-order valence-electron chi connectivity index (χ2n) is 7.73. The van der Waals surface area contributed by atoms with E-state index in [1.165, 1.54) is 6.07 Å². The first-order chi connectivity index (χ1) is 15.5. The van der Waals surface area contributed by atoms with Crippen molar-refractivity contribution in [2.45, 2.75) is 40.0 Å². The van der Waals surface area contributed by atoms with Crippen LogP contribution in [0.1, 0.15) is 30.0 Å². The van der Waals surface area contributed by atoms with Gasteiger partial charge in [-0.2, -0.15) is 8.78 Å². The molecule has 0 aliphatic carbocycles.